The number of amides is 2. The molecule has 4 N–H and O–H groups in total. The van der Waals surface area contributed by atoms with Crippen molar-refractivity contribution in [1.29, 1.82) is 5.41 Å². The third-order valence-corrected chi connectivity index (χ3v) is 2.37. The van der Waals surface area contributed by atoms with E-state index in [1.165, 1.54) is 12.4 Å². The van der Waals surface area contributed by atoms with Crippen LogP contribution in [-0.2, 0) is 14.3 Å². The van der Waals surface area contributed by atoms with E-state index < -0.39 is 36.0 Å². The maximum absolute atomic E-state index is 11.8. The lowest BCUT2D eigenvalue weighted by molar-refractivity contribution is -0.141. The highest BCUT2D eigenvalue weighted by Gasteiger charge is 2.26. The molecule has 126 valence electrons. The predicted octanol–water partition coefficient (Wildman–Crippen LogP) is 0.150. The average molecular weight is 325 g/mol. The van der Waals surface area contributed by atoms with Crippen molar-refractivity contribution in [1.82, 2.24) is 20.4 Å². The lowest BCUT2D eigenvalue weighted by atomic mass is 10.2. The second kappa shape index (κ2) is 7.38. The molecule has 1 aromatic rings. The molecule has 10 heteroatoms. The van der Waals surface area contributed by atoms with Crippen LogP contribution in [0, 0.1) is 5.41 Å². The predicted molar refractivity (Wildman–Crippen MR) is 78.9 cm³/mol. The minimum Gasteiger partial charge on any atom is -0.480 e. The maximum atomic E-state index is 11.8. The van der Waals surface area contributed by atoms with Gasteiger partial charge in [0.2, 0.25) is 11.9 Å². The van der Waals surface area contributed by atoms with E-state index in [9.17, 15) is 14.4 Å². The van der Waals surface area contributed by atoms with Gasteiger partial charge in [0.05, 0.1) is 6.42 Å². The van der Waals surface area contributed by atoms with Gasteiger partial charge >= 0.3 is 12.1 Å². The molecule has 0 bridgehead atoms. The molecule has 1 atom stereocenters. The fourth-order valence-electron chi connectivity index (χ4n) is 1.48. The Morgan fingerprint density at radius 1 is 1.39 bits per heavy atom. The van der Waals surface area contributed by atoms with Crippen LogP contribution in [0.5, 0.6) is 0 Å². The first-order valence-electron chi connectivity index (χ1n) is 6.69. The van der Waals surface area contributed by atoms with Crippen LogP contribution in [-0.4, -0.2) is 50.5 Å². The highest BCUT2D eigenvalue weighted by atomic mass is 16.6. The molecular formula is C13H19N5O5. The average Bonchev–Trinajstić information content (AvgIpc) is 2.89. The van der Waals surface area contributed by atoms with E-state index in [0.29, 0.717) is 0 Å². The summed E-state index contributed by atoms with van der Waals surface area (Å²) in [5.41, 5.74) is -0.794. The number of ether oxygens (including phenoxy) is 1. The van der Waals surface area contributed by atoms with E-state index in [-0.39, 0.29) is 5.96 Å². The number of carbonyl (C=O) groups excluding carboxylic acids is 2. The molecule has 0 spiro atoms. The number of alkyl carbamates (subject to hydrolysis) is 1. The van der Waals surface area contributed by atoms with Crippen LogP contribution in [0.4, 0.5) is 4.79 Å². The summed E-state index contributed by atoms with van der Waals surface area (Å²) in [6.45, 7) is 4.88. The zero-order valence-electron chi connectivity index (χ0n) is 13.0. The Bertz CT molecular complexity index is 590. The Kier molecular flexibility index (Phi) is 5.82. The van der Waals surface area contributed by atoms with Crippen molar-refractivity contribution in [3.05, 3.63) is 18.5 Å². The molecule has 1 rings (SSSR count). The Morgan fingerprint density at radius 3 is 2.52 bits per heavy atom. The number of hydrogen-bond acceptors (Lipinski definition) is 6. The summed E-state index contributed by atoms with van der Waals surface area (Å²) in [4.78, 5) is 34.5. The van der Waals surface area contributed by atoms with Crippen LogP contribution in [0.25, 0.3) is 0 Å². The van der Waals surface area contributed by atoms with Crippen molar-refractivity contribution >= 4 is 23.9 Å². The number of rotatable bonds is 4. The van der Waals surface area contributed by atoms with Gasteiger partial charge in [-0.3, -0.25) is 15.5 Å². The van der Waals surface area contributed by atoms with Gasteiger partial charge in [-0.15, -0.1) is 0 Å². The second-order valence-electron chi connectivity index (χ2n) is 5.59. The first-order chi connectivity index (χ1) is 10.6. The molecule has 23 heavy (non-hydrogen) atoms. The molecule has 0 saturated heterocycles. The number of nitrogens with one attached hydrogen (secondary N) is 3. The summed E-state index contributed by atoms with van der Waals surface area (Å²) in [5.74, 6) is -2.48. The van der Waals surface area contributed by atoms with Crippen molar-refractivity contribution in [3.63, 3.8) is 0 Å². The van der Waals surface area contributed by atoms with Crippen LogP contribution in [0.3, 0.4) is 0 Å². The van der Waals surface area contributed by atoms with E-state index in [0.717, 1.165) is 4.68 Å². The third-order valence-electron chi connectivity index (χ3n) is 2.37. The lowest BCUT2D eigenvalue weighted by Gasteiger charge is -2.21. The fraction of sp³-hybridized carbons (Fsp3) is 0.462. The lowest BCUT2D eigenvalue weighted by Crippen LogP contribution is -2.47. The number of hydrogen-bond donors (Lipinski definition) is 4. The van der Waals surface area contributed by atoms with Crippen LogP contribution in [0.1, 0.15) is 27.2 Å². The van der Waals surface area contributed by atoms with E-state index in [1.54, 1.807) is 26.8 Å². The summed E-state index contributed by atoms with van der Waals surface area (Å²) in [6, 6.07) is 0.0837. The fourth-order valence-corrected chi connectivity index (χ4v) is 1.48. The summed E-state index contributed by atoms with van der Waals surface area (Å²) in [6.07, 6.45) is 1.36. The number of carboxylic acid groups (broad SMARTS) is 1. The quantitative estimate of drug-likeness (QED) is 0.458. The Labute approximate surface area is 132 Å². The van der Waals surface area contributed by atoms with Crippen molar-refractivity contribution in [2.24, 2.45) is 0 Å². The van der Waals surface area contributed by atoms with E-state index in [1.807, 2.05) is 0 Å². The van der Waals surface area contributed by atoms with Gasteiger partial charge in [-0.05, 0) is 26.8 Å². The van der Waals surface area contributed by atoms with E-state index in [2.05, 4.69) is 15.7 Å². The maximum Gasteiger partial charge on any atom is 0.408 e. The molecule has 0 saturated carbocycles. The SMILES string of the molecule is CC(C)(C)OC(=O)N[C@@H](CC(=O)NC(=N)n1cccn1)C(=O)O. The van der Waals surface area contributed by atoms with Crippen molar-refractivity contribution < 1.29 is 24.2 Å². The zero-order chi connectivity index (χ0) is 17.6. The molecular weight excluding hydrogens is 306 g/mol. The van der Waals surface area contributed by atoms with Crippen molar-refractivity contribution in [2.45, 2.75) is 38.8 Å². The van der Waals surface area contributed by atoms with Gasteiger partial charge in [-0.25, -0.2) is 14.3 Å². The summed E-state index contributed by atoms with van der Waals surface area (Å²) >= 11 is 0. The van der Waals surface area contributed by atoms with Crippen molar-refractivity contribution in [3.8, 4) is 0 Å². The number of aliphatic carboxylic acids is 1. The highest BCUT2D eigenvalue weighted by Crippen LogP contribution is 2.07. The Hall–Kier alpha value is -2.91. The summed E-state index contributed by atoms with van der Waals surface area (Å²) in [7, 11) is 0. The van der Waals surface area contributed by atoms with Gasteiger partial charge in [-0.1, -0.05) is 0 Å². The third kappa shape index (κ3) is 6.59. The van der Waals surface area contributed by atoms with Gasteiger partial charge in [-0.2, -0.15) is 5.10 Å². The molecule has 0 aliphatic heterocycles. The molecule has 0 aliphatic carbocycles. The van der Waals surface area contributed by atoms with Crippen molar-refractivity contribution in [2.75, 3.05) is 0 Å². The molecule has 2 amide bonds. The standard InChI is InChI=1S/C13H19N5O5/c1-13(2,3)23-12(22)16-8(10(20)21)7-9(19)17-11(14)18-6-4-5-15-18/h4-6,8H,7H2,1-3H3,(H,16,22)(H,20,21)(H2,14,17,19)/t8-/m0/s1. The van der Waals surface area contributed by atoms with Gasteiger partial charge in [0.15, 0.2) is 0 Å². The number of carboxylic acids is 1. The minimum absolute atomic E-state index is 0.332. The highest BCUT2D eigenvalue weighted by molar-refractivity contribution is 5.98. The number of aromatic nitrogens is 2. The number of nitrogens with zero attached hydrogens (tertiary/aromatic N) is 2. The van der Waals surface area contributed by atoms with E-state index in [4.69, 9.17) is 15.3 Å². The zero-order valence-corrected chi connectivity index (χ0v) is 13.0. The molecule has 0 aromatic carbocycles. The largest absolute Gasteiger partial charge is 0.480 e. The molecule has 10 nitrogen and oxygen atoms in total. The van der Waals surface area contributed by atoms with E-state index >= 15 is 0 Å². The van der Waals surface area contributed by atoms with Gasteiger partial charge in [0.1, 0.15) is 11.6 Å². The molecule has 0 unspecified atom stereocenters. The van der Waals surface area contributed by atoms with Crippen LogP contribution < -0.4 is 10.6 Å². The smallest absolute Gasteiger partial charge is 0.408 e. The summed E-state index contributed by atoms with van der Waals surface area (Å²) in [5, 5.41) is 24.7. The molecule has 0 fully saturated rings. The first-order valence-corrected chi connectivity index (χ1v) is 6.69. The minimum atomic E-state index is -1.48. The first kappa shape index (κ1) is 18.1. The normalized spacial score (nSPS) is 12.1. The molecule has 1 heterocycles. The molecule has 0 radical (unpaired) electrons. The summed E-state index contributed by atoms with van der Waals surface area (Å²) < 4.78 is 6.03. The Balaban J connectivity index is 2.58. The Morgan fingerprint density at radius 2 is 2.04 bits per heavy atom. The van der Waals surface area contributed by atoms with Gasteiger partial charge in [0, 0.05) is 12.4 Å². The van der Waals surface area contributed by atoms with Gasteiger partial charge < -0.3 is 15.2 Å². The van der Waals surface area contributed by atoms with Crippen LogP contribution in [0.15, 0.2) is 18.5 Å². The number of carbonyl (C=O) groups is 3. The second-order valence-corrected chi connectivity index (χ2v) is 5.59. The monoisotopic (exact) mass is 325 g/mol. The topological polar surface area (TPSA) is 146 Å². The van der Waals surface area contributed by atoms with Crippen LogP contribution >= 0.6 is 0 Å². The van der Waals surface area contributed by atoms with Gasteiger partial charge in [0.25, 0.3) is 0 Å². The molecule has 1 aromatic heterocycles. The molecule has 0 aliphatic rings. The van der Waals surface area contributed by atoms with Crippen LogP contribution in [0.2, 0.25) is 0 Å².